The molecule has 1 fully saturated rings. The van der Waals surface area contributed by atoms with Crippen LogP contribution in [-0.4, -0.2) is 25.7 Å². The Morgan fingerprint density at radius 1 is 1.04 bits per heavy atom. The zero-order valence-electron chi connectivity index (χ0n) is 12.5. The molecule has 1 atom stereocenters. The van der Waals surface area contributed by atoms with Crippen LogP contribution in [0.3, 0.4) is 0 Å². The van der Waals surface area contributed by atoms with Crippen LogP contribution in [0, 0.1) is 5.82 Å². The number of benzene rings is 2. The largest absolute Gasteiger partial charge is 0.371 e. The third-order valence-corrected chi connectivity index (χ3v) is 3.57. The van der Waals surface area contributed by atoms with Crippen molar-refractivity contribution in [1.82, 2.24) is 5.32 Å². The Morgan fingerprint density at radius 2 is 1.65 bits per heavy atom. The number of halogens is 1. The van der Waals surface area contributed by atoms with Crippen molar-refractivity contribution < 1.29 is 13.9 Å². The number of ether oxygens (including phenoxy) is 1. The van der Waals surface area contributed by atoms with Crippen LogP contribution in [-0.2, 0) is 4.74 Å². The third kappa shape index (κ3) is 4.28. The Morgan fingerprint density at radius 3 is 2.22 bits per heavy atom. The van der Waals surface area contributed by atoms with Gasteiger partial charge in [-0.15, -0.1) is 0 Å². The summed E-state index contributed by atoms with van der Waals surface area (Å²) in [6.07, 6.45) is 0.0471. The summed E-state index contributed by atoms with van der Waals surface area (Å²) in [5.74, 6) is -0.342. The Kier molecular flexibility index (Phi) is 4.85. The molecule has 1 aliphatic heterocycles. The molecule has 2 amide bonds. The molecular weight excluding hydrogens is 297 g/mol. The van der Waals surface area contributed by atoms with Gasteiger partial charge in [-0.05, 0) is 42.0 Å². The molecule has 2 aromatic rings. The van der Waals surface area contributed by atoms with Gasteiger partial charge in [0, 0.05) is 24.5 Å². The van der Waals surface area contributed by atoms with Gasteiger partial charge in [0.15, 0.2) is 0 Å². The van der Waals surface area contributed by atoms with Crippen LogP contribution in [0.5, 0.6) is 0 Å². The average Bonchev–Trinajstić information content (AvgIpc) is 2.58. The van der Waals surface area contributed by atoms with E-state index in [1.165, 1.54) is 24.3 Å². The summed E-state index contributed by atoms with van der Waals surface area (Å²) in [5.41, 5.74) is 2.28. The van der Waals surface area contributed by atoms with E-state index in [0.717, 1.165) is 18.7 Å². The third-order valence-electron chi connectivity index (χ3n) is 3.57. The van der Waals surface area contributed by atoms with E-state index in [1.54, 1.807) is 0 Å². The fraction of sp³-hybridized carbons (Fsp3) is 0.235. The number of carbonyl (C=O) groups is 1. The summed E-state index contributed by atoms with van der Waals surface area (Å²) in [7, 11) is 0. The van der Waals surface area contributed by atoms with Gasteiger partial charge in [-0.2, -0.15) is 0 Å². The lowest BCUT2D eigenvalue weighted by molar-refractivity contribution is 0.0277. The van der Waals surface area contributed by atoms with Crippen LogP contribution in [0.15, 0.2) is 48.5 Å². The van der Waals surface area contributed by atoms with Crippen LogP contribution >= 0.6 is 0 Å². The lowest BCUT2D eigenvalue weighted by atomic mass is 10.1. The van der Waals surface area contributed by atoms with Gasteiger partial charge in [0.1, 0.15) is 5.82 Å². The number of amides is 2. The van der Waals surface area contributed by atoms with E-state index in [4.69, 9.17) is 4.74 Å². The molecule has 0 aromatic heterocycles. The molecule has 0 aliphatic carbocycles. The summed E-state index contributed by atoms with van der Waals surface area (Å²) >= 11 is 0. The quantitative estimate of drug-likeness (QED) is 0.815. The van der Waals surface area contributed by atoms with E-state index in [9.17, 15) is 9.18 Å². The van der Waals surface area contributed by atoms with Crippen LogP contribution in [0.25, 0.3) is 0 Å². The predicted molar refractivity (Wildman–Crippen MR) is 87.0 cm³/mol. The number of carbonyl (C=O) groups excluding carboxylic acids is 1. The zero-order valence-corrected chi connectivity index (χ0v) is 12.5. The highest BCUT2D eigenvalue weighted by Gasteiger charge is 2.15. The molecule has 120 valence electrons. The normalized spacial score (nSPS) is 17.5. The fourth-order valence-corrected chi connectivity index (χ4v) is 2.39. The molecule has 5 nitrogen and oxygen atoms in total. The Balaban J connectivity index is 1.57. The molecular formula is C17H18FN3O2. The number of morpholine rings is 1. The molecule has 0 bridgehead atoms. The molecule has 23 heavy (non-hydrogen) atoms. The van der Waals surface area contributed by atoms with Crippen LogP contribution in [0.2, 0.25) is 0 Å². The number of nitrogens with one attached hydrogen (secondary N) is 3. The topological polar surface area (TPSA) is 62.4 Å². The average molecular weight is 315 g/mol. The monoisotopic (exact) mass is 315 g/mol. The Labute approximate surface area is 133 Å². The molecule has 0 radical (unpaired) electrons. The molecule has 1 heterocycles. The molecule has 1 saturated heterocycles. The number of hydrogen-bond donors (Lipinski definition) is 3. The minimum Gasteiger partial charge on any atom is -0.371 e. The van der Waals surface area contributed by atoms with Crippen molar-refractivity contribution in [2.24, 2.45) is 0 Å². The van der Waals surface area contributed by atoms with E-state index in [2.05, 4.69) is 16.0 Å². The highest BCUT2D eigenvalue weighted by Crippen LogP contribution is 2.20. The van der Waals surface area contributed by atoms with Crippen molar-refractivity contribution in [3.8, 4) is 0 Å². The minimum absolute atomic E-state index is 0.0471. The SMILES string of the molecule is O=C(Nc1ccc(F)cc1)Nc1ccc(C2CNCCO2)cc1. The molecule has 3 rings (SSSR count). The molecule has 6 heteroatoms. The first-order chi connectivity index (χ1) is 11.2. The van der Waals surface area contributed by atoms with Gasteiger partial charge >= 0.3 is 6.03 Å². The standard InChI is InChI=1S/C17H18FN3O2/c18-13-3-7-15(8-4-13)21-17(22)20-14-5-1-12(2-6-14)16-11-19-9-10-23-16/h1-8,16,19H,9-11H2,(H2,20,21,22). The van der Waals surface area contributed by atoms with Crippen molar-refractivity contribution >= 4 is 17.4 Å². The van der Waals surface area contributed by atoms with Crippen molar-refractivity contribution in [2.45, 2.75) is 6.10 Å². The van der Waals surface area contributed by atoms with E-state index in [1.807, 2.05) is 24.3 Å². The molecule has 1 aliphatic rings. The lowest BCUT2D eigenvalue weighted by Crippen LogP contribution is -2.33. The van der Waals surface area contributed by atoms with Gasteiger partial charge in [0.25, 0.3) is 0 Å². The minimum atomic E-state index is -0.375. The predicted octanol–water partition coefficient (Wildman–Crippen LogP) is 3.13. The van der Waals surface area contributed by atoms with Crippen LogP contribution < -0.4 is 16.0 Å². The summed E-state index contributed by atoms with van der Waals surface area (Å²) in [4.78, 5) is 11.9. The zero-order chi connectivity index (χ0) is 16.1. The van der Waals surface area contributed by atoms with Crippen LogP contribution in [0.4, 0.5) is 20.6 Å². The second kappa shape index (κ2) is 7.21. The Bertz CT molecular complexity index is 653. The van der Waals surface area contributed by atoms with E-state index in [-0.39, 0.29) is 18.0 Å². The first-order valence-corrected chi connectivity index (χ1v) is 7.46. The number of hydrogen-bond acceptors (Lipinski definition) is 3. The number of urea groups is 1. The van der Waals surface area contributed by atoms with E-state index in [0.29, 0.717) is 18.0 Å². The molecule has 0 spiro atoms. The van der Waals surface area contributed by atoms with Gasteiger partial charge < -0.3 is 20.7 Å². The van der Waals surface area contributed by atoms with Gasteiger partial charge in [-0.1, -0.05) is 12.1 Å². The van der Waals surface area contributed by atoms with E-state index >= 15 is 0 Å². The van der Waals surface area contributed by atoms with Crippen molar-refractivity contribution in [2.75, 3.05) is 30.3 Å². The van der Waals surface area contributed by atoms with Gasteiger partial charge in [0.2, 0.25) is 0 Å². The molecule has 0 saturated carbocycles. The second-order valence-corrected chi connectivity index (χ2v) is 5.27. The van der Waals surface area contributed by atoms with Gasteiger partial charge in [-0.3, -0.25) is 0 Å². The second-order valence-electron chi connectivity index (χ2n) is 5.27. The maximum Gasteiger partial charge on any atom is 0.323 e. The smallest absolute Gasteiger partial charge is 0.323 e. The van der Waals surface area contributed by atoms with Gasteiger partial charge in [-0.25, -0.2) is 9.18 Å². The summed E-state index contributed by atoms with van der Waals surface area (Å²) in [5, 5.41) is 8.66. The fourth-order valence-electron chi connectivity index (χ4n) is 2.39. The summed E-state index contributed by atoms with van der Waals surface area (Å²) in [6, 6.07) is 12.8. The Hall–Kier alpha value is -2.44. The molecule has 1 unspecified atom stereocenters. The lowest BCUT2D eigenvalue weighted by Gasteiger charge is -2.24. The van der Waals surface area contributed by atoms with E-state index < -0.39 is 0 Å². The number of rotatable bonds is 3. The first kappa shape index (κ1) is 15.5. The highest BCUT2D eigenvalue weighted by atomic mass is 19.1. The molecule has 3 N–H and O–H groups in total. The molecule has 2 aromatic carbocycles. The van der Waals surface area contributed by atoms with Crippen molar-refractivity contribution in [3.63, 3.8) is 0 Å². The maximum absolute atomic E-state index is 12.8. The van der Waals surface area contributed by atoms with Crippen molar-refractivity contribution in [1.29, 1.82) is 0 Å². The number of anilines is 2. The van der Waals surface area contributed by atoms with Gasteiger partial charge in [0.05, 0.1) is 12.7 Å². The first-order valence-electron chi connectivity index (χ1n) is 7.46. The highest BCUT2D eigenvalue weighted by molar-refractivity contribution is 5.99. The summed E-state index contributed by atoms with van der Waals surface area (Å²) in [6.45, 7) is 2.36. The van der Waals surface area contributed by atoms with Crippen molar-refractivity contribution in [3.05, 3.63) is 59.9 Å². The maximum atomic E-state index is 12.8. The summed E-state index contributed by atoms with van der Waals surface area (Å²) < 4.78 is 18.5. The van der Waals surface area contributed by atoms with Crippen LogP contribution in [0.1, 0.15) is 11.7 Å².